The van der Waals surface area contributed by atoms with Crippen LogP contribution in [0.2, 0.25) is 0 Å². The van der Waals surface area contributed by atoms with E-state index >= 15 is 0 Å². The van der Waals surface area contributed by atoms with Crippen LogP contribution in [0.5, 0.6) is 5.75 Å². The van der Waals surface area contributed by atoms with Crippen LogP contribution in [-0.2, 0) is 4.79 Å². The zero-order valence-electron chi connectivity index (χ0n) is 13.9. The van der Waals surface area contributed by atoms with Crippen molar-refractivity contribution in [1.82, 2.24) is 15.2 Å². The Kier molecular flexibility index (Phi) is 5.43. The van der Waals surface area contributed by atoms with Crippen molar-refractivity contribution in [3.63, 3.8) is 0 Å². The molecule has 1 amide bonds. The zero-order valence-corrected chi connectivity index (χ0v) is 13.9. The van der Waals surface area contributed by atoms with E-state index in [4.69, 9.17) is 4.74 Å². The standard InChI is InChI=1S/C19H23N3O2/c1-20-19(23)14-22-12-8-16(9-13-22)24-18-5-3-2-4-17(18)15-6-10-21-11-7-15/h2-7,10-11,16H,8-9,12-14H2,1H3,(H,20,23). The number of hydrogen-bond donors (Lipinski definition) is 1. The van der Waals surface area contributed by atoms with E-state index in [0.717, 1.165) is 42.8 Å². The quantitative estimate of drug-likeness (QED) is 0.917. The van der Waals surface area contributed by atoms with Gasteiger partial charge in [0.1, 0.15) is 11.9 Å². The number of rotatable bonds is 5. The van der Waals surface area contributed by atoms with Crippen molar-refractivity contribution in [2.45, 2.75) is 18.9 Å². The summed E-state index contributed by atoms with van der Waals surface area (Å²) < 4.78 is 6.27. The van der Waals surface area contributed by atoms with Gasteiger partial charge in [0.25, 0.3) is 0 Å². The van der Waals surface area contributed by atoms with Gasteiger partial charge in [-0.05, 0) is 36.6 Å². The molecule has 0 radical (unpaired) electrons. The van der Waals surface area contributed by atoms with Crippen LogP contribution in [-0.4, -0.2) is 48.6 Å². The van der Waals surface area contributed by atoms with Crippen LogP contribution in [0.15, 0.2) is 48.8 Å². The summed E-state index contributed by atoms with van der Waals surface area (Å²) in [6.45, 7) is 2.24. The Morgan fingerprint density at radius 1 is 1.21 bits per heavy atom. The average Bonchev–Trinajstić information content (AvgIpc) is 2.64. The Morgan fingerprint density at radius 3 is 2.62 bits per heavy atom. The summed E-state index contributed by atoms with van der Waals surface area (Å²) in [5.74, 6) is 0.978. The molecule has 1 aliphatic heterocycles. The number of para-hydroxylation sites is 1. The number of carbonyl (C=O) groups is 1. The number of piperidine rings is 1. The number of carbonyl (C=O) groups excluding carboxylic acids is 1. The molecule has 1 aromatic carbocycles. The fourth-order valence-corrected chi connectivity index (χ4v) is 2.99. The van der Waals surface area contributed by atoms with Gasteiger partial charge in [0.15, 0.2) is 0 Å². The molecule has 0 spiro atoms. The fraction of sp³-hybridized carbons (Fsp3) is 0.368. The molecule has 0 atom stereocenters. The zero-order chi connectivity index (χ0) is 16.8. The lowest BCUT2D eigenvalue weighted by Crippen LogP contribution is -2.43. The second kappa shape index (κ2) is 7.93. The van der Waals surface area contributed by atoms with Gasteiger partial charge in [0.05, 0.1) is 6.54 Å². The molecule has 1 saturated heterocycles. The van der Waals surface area contributed by atoms with Crippen molar-refractivity contribution < 1.29 is 9.53 Å². The van der Waals surface area contributed by atoms with E-state index in [1.54, 1.807) is 19.4 Å². The minimum Gasteiger partial charge on any atom is -0.490 e. The number of nitrogens with zero attached hydrogens (tertiary/aromatic N) is 2. The molecule has 126 valence electrons. The van der Waals surface area contributed by atoms with Crippen LogP contribution >= 0.6 is 0 Å². The van der Waals surface area contributed by atoms with Crippen LogP contribution in [0, 0.1) is 0 Å². The number of likely N-dealkylation sites (N-methyl/N-ethyl adjacent to an activating group) is 1. The molecule has 3 rings (SSSR count). The van der Waals surface area contributed by atoms with Crippen LogP contribution in [0.4, 0.5) is 0 Å². The maximum atomic E-state index is 11.5. The number of hydrogen-bond acceptors (Lipinski definition) is 4. The Balaban J connectivity index is 1.63. The first kappa shape index (κ1) is 16.5. The molecule has 24 heavy (non-hydrogen) atoms. The second-order valence-corrected chi connectivity index (χ2v) is 6.00. The summed E-state index contributed by atoms with van der Waals surface area (Å²) in [5, 5.41) is 2.67. The molecule has 5 heteroatoms. The van der Waals surface area contributed by atoms with Gasteiger partial charge >= 0.3 is 0 Å². The highest BCUT2D eigenvalue weighted by Gasteiger charge is 2.22. The second-order valence-electron chi connectivity index (χ2n) is 6.00. The maximum absolute atomic E-state index is 11.5. The van der Waals surface area contributed by atoms with E-state index < -0.39 is 0 Å². The Hall–Kier alpha value is -2.40. The number of ether oxygens (including phenoxy) is 1. The maximum Gasteiger partial charge on any atom is 0.233 e. The third-order valence-electron chi connectivity index (χ3n) is 4.35. The Morgan fingerprint density at radius 2 is 1.92 bits per heavy atom. The summed E-state index contributed by atoms with van der Waals surface area (Å²) in [5.41, 5.74) is 2.20. The fourth-order valence-electron chi connectivity index (χ4n) is 2.99. The molecular formula is C19H23N3O2. The lowest BCUT2D eigenvalue weighted by molar-refractivity contribution is -0.122. The molecule has 5 nitrogen and oxygen atoms in total. The Labute approximate surface area is 142 Å². The third kappa shape index (κ3) is 4.11. The number of benzene rings is 1. The number of nitrogens with one attached hydrogen (secondary N) is 1. The van der Waals surface area contributed by atoms with Crippen molar-refractivity contribution in [1.29, 1.82) is 0 Å². The lowest BCUT2D eigenvalue weighted by atomic mass is 10.0. The van der Waals surface area contributed by atoms with E-state index in [1.165, 1.54) is 0 Å². The number of pyridine rings is 1. The van der Waals surface area contributed by atoms with Crippen molar-refractivity contribution in [2.75, 3.05) is 26.7 Å². The van der Waals surface area contributed by atoms with E-state index in [1.807, 2.05) is 30.3 Å². The molecule has 2 aromatic rings. The molecule has 1 fully saturated rings. The van der Waals surface area contributed by atoms with E-state index in [9.17, 15) is 4.79 Å². The summed E-state index contributed by atoms with van der Waals surface area (Å²) >= 11 is 0. The van der Waals surface area contributed by atoms with E-state index in [2.05, 4.69) is 21.3 Å². The molecule has 0 aliphatic carbocycles. The summed E-state index contributed by atoms with van der Waals surface area (Å²) in [7, 11) is 1.67. The first-order valence-electron chi connectivity index (χ1n) is 8.35. The SMILES string of the molecule is CNC(=O)CN1CCC(Oc2ccccc2-c2ccncc2)CC1. The largest absolute Gasteiger partial charge is 0.490 e. The number of likely N-dealkylation sites (tertiary alicyclic amines) is 1. The van der Waals surface area contributed by atoms with Gasteiger partial charge in [-0.3, -0.25) is 14.7 Å². The van der Waals surface area contributed by atoms with Crippen molar-refractivity contribution >= 4 is 5.91 Å². The first-order chi connectivity index (χ1) is 11.8. The molecule has 1 aromatic heterocycles. The highest BCUT2D eigenvalue weighted by atomic mass is 16.5. The van der Waals surface area contributed by atoms with Gasteiger partial charge in [-0.2, -0.15) is 0 Å². The van der Waals surface area contributed by atoms with Gasteiger partial charge in [0, 0.05) is 38.1 Å². The van der Waals surface area contributed by atoms with Crippen molar-refractivity contribution in [3.05, 3.63) is 48.8 Å². The molecule has 0 saturated carbocycles. The monoisotopic (exact) mass is 325 g/mol. The lowest BCUT2D eigenvalue weighted by Gasteiger charge is -2.32. The van der Waals surface area contributed by atoms with E-state index in [0.29, 0.717) is 6.54 Å². The van der Waals surface area contributed by atoms with Gasteiger partial charge in [-0.1, -0.05) is 18.2 Å². The van der Waals surface area contributed by atoms with E-state index in [-0.39, 0.29) is 12.0 Å². The van der Waals surface area contributed by atoms with Gasteiger partial charge < -0.3 is 10.1 Å². The van der Waals surface area contributed by atoms with Gasteiger partial charge in [-0.25, -0.2) is 0 Å². The van der Waals surface area contributed by atoms with Gasteiger partial charge in [0.2, 0.25) is 5.91 Å². The predicted octanol–water partition coefficient (Wildman–Crippen LogP) is 2.34. The highest BCUT2D eigenvalue weighted by molar-refractivity contribution is 5.77. The predicted molar refractivity (Wildman–Crippen MR) is 93.8 cm³/mol. The third-order valence-corrected chi connectivity index (χ3v) is 4.35. The normalized spacial score (nSPS) is 15.9. The average molecular weight is 325 g/mol. The highest BCUT2D eigenvalue weighted by Crippen LogP contribution is 2.31. The minimum atomic E-state index is 0.0670. The molecule has 2 heterocycles. The van der Waals surface area contributed by atoms with Crippen LogP contribution < -0.4 is 10.1 Å². The minimum absolute atomic E-state index is 0.0670. The van der Waals surface area contributed by atoms with Crippen LogP contribution in [0.25, 0.3) is 11.1 Å². The molecule has 1 aliphatic rings. The molecule has 0 bridgehead atoms. The first-order valence-corrected chi connectivity index (χ1v) is 8.35. The molecule has 1 N–H and O–H groups in total. The van der Waals surface area contributed by atoms with Gasteiger partial charge in [-0.15, -0.1) is 0 Å². The molecule has 0 unspecified atom stereocenters. The Bertz CT molecular complexity index is 667. The number of aromatic nitrogens is 1. The summed E-state index contributed by atoms with van der Waals surface area (Å²) in [4.78, 5) is 17.7. The topological polar surface area (TPSA) is 54.5 Å². The molecular weight excluding hydrogens is 302 g/mol. The number of amides is 1. The van der Waals surface area contributed by atoms with Crippen molar-refractivity contribution in [2.24, 2.45) is 0 Å². The summed E-state index contributed by atoms with van der Waals surface area (Å²) in [6.07, 6.45) is 5.64. The smallest absolute Gasteiger partial charge is 0.233 e. The van der Waals surface area contributed by atoms with Crippen LogP contribution in [0.1, 0.15) is 12.8 Å². The van der Waals surface area contributed by atoms with Crippen LogP contribution in [0.3, 0.4) is 0 Å². The van der Waals surface area contributed by atoms with Crippen molar-refractivity contribution in [3.8, 4) is 16.9 Å². The summed E-state index contributed by atoms with van der Waals surface area (Å²) in [6, 6.07) is 12.1.